The average Bonchev–Trinajstić information content (AvgIpc) is 2.51. The van der Waals surface area contributed by atoms with Gasteiger partial charge in [-0.2, -0.15) is 0 Å². The van der Waals surface area contributed by atoms with Crippen molar-refractivity contribution in [2.24, 2.45) is 0 Å². The van der Waals surface area contributed by atoms with Crippen LogP contribution in [0.2, 0.25) is 0 Å². The average molecular weight is 336 g/mol. The summed E-state index contributed by atoms with van der Waals surface area (Å²) in [5.74, 6) is 0.739. The van der Waals surface area contributed by atoms with Crippen LogP contribution in [0.3, 0.4) is 0 Å². The molecule has 14 heavy (non-hydrogen) atoms. The van der Waals surface area contributed by atoms with Gasteiger partial charge in [0, 0.05) is 4.47 Å². The van der Waals surface area contributed by atoms with Crippen molar-refractivity contribution in [1.29, 1.82) is 0 Å². The third kappa shape index (κ3) is 2.52. The Morgan fingerprint density at radius 2 is 2.07 bits per heavy atom. The highest BCUT2D eigenvalue weighted by Crippen LogP contribution is 2.28. The first-order chi connectivity index (χ1) is 6.74. The maximum Gasteiger partial charge on any atom is 0.300 e. The first-order valence-electron chi connectivity index (χ1n) is 3.66. The van der Waals surface area contributed by atoms with Crippen molar-refractivity contribution >= 4 is 43.2 Å². The minimum atomic E-state index is 0.523. The van der Waals surface area contributed by atoms with Crippen LogP contribution in [0, 0.1) is 0 Å². The van der Waals surface area contributed by atoms with Crippen LogP contribution in [0.4, 0.5) is 0 Å². The fourth-order valence-corrected chi connectivity index (χ4v) is 2.18. The molecule has 0 atom stereocenters. The van der Waals surface area contributed by atoms with Crippen LogP contribution in [0.1, 0.15) is 0 Å². The first-order valence-corrected chi connectivity index (χ1v) is 6.07. The summed E-state index contributed by atoms with van der Waals surface area (Å²) in [5, 5.41) is 8.13. The number of hydrogen-bond acceptors (Lipinski definition) is 4. The van der Waals surface area contributed by atoms with E-state index in [0.29, 0.717) is 9.11 Å². The summed E-state index contributed by atoms with van der Waals surface area (Å²) in [7, 11) is 0. The van der Waals surface area contributed by atoms with Crippen LogP contribution in [-0.4, -0.2) is 10.2 Å². The minimum Gasteiger partial charge on any atom is -0.430 e. The van der Waals surface area contributed by atoms with E-state index < -0.39 is 0 Å². The molecule has 0 unspecified atom stereocenters. The van der Waals surface area contributed by atoms with E-state index in [0.717, 1.165) is 10.2 Å². The summed E-state index contributed by atoms with van der Waals surface area (Å²) in [5.41, 5.74) is 0. The van der Waals surface area contributed by atoms with Gasteiger partial charge in [-0.05, 0) is 45.5 Å². The van der Waals surface area contributed by atoms with Crippen LogP contribution in [-0.2, 0) is 0 Å². The molecule has 0 spiro atoms. The van der Waals surface area contributed by atoms with Gasteiger partial charge in [-0.25, -0.2) is 0 Å². The quantitative estimate of drug-likeness (QED) is 0.836. The Hall–Kier alpha value is -0.460. The topological polar surface area (TPSA) is 35.0 Å². The molecular weight excluding hydrogens is 332 g/mol. The smallest absolute Gasteiger partial charge is 0.300 e. The third-order valence-electron chi connectivity index (χ3n) is 1.38. The van der Waals surface area contributed by atoms with E-state index in [9.17, 15) is 0 Å². The Morgan fingerprint density at radius 3 is 2.71 bits per heavy atom. The molecular formula is C8H4Br2N2OS. The largest absolute Gasteiger partial charge is 0.430 e. The number of hydrogen-bond donors (Lipinski definition) is 0. The summed E-state index contributed by atoms with van der Waals surface area (Å²) in [6, 6.07) is 7.56. The summed E-state index contributed by atoms with van der Waals surface area (Å²) >= 11 is 7.92. The minimum absolute atomic E-state index is 0.523. The van der Waals surface area contributed by atoms with Crippen molar-refractivity contribution in [2.75, 3.05) is 0 Å². The van der Waals surface area contributed by atoms with E-state index in [-0.39, 0.29) is 0 Å². The zero-order chi connectivity index (χ0) is 9.97. The first kappa shape index (κ1) is 10.1. The molecule has 0 N–H and O–H groups in total. The van der Waals surface area contributed by atoms with Gasteiger partial charge in [0.15, 0.2) is 3.92 Å². The van der Waals surface area contributed by atoms with Gasteiger partial charge < -0.3 is 4.74 Å². The molecule has 0 fully saturated rings. The lowest BCUT2D eigenvalue weighted by atomic mass is 10.3. The van der Waals surface area contributed by atoms with Crippen molar-refractivity contribution in [3.8, 4) is 10.9 Å². The van der Waals surface area contributed by atoms with Crippen molar-refractivity contribution in [2.45, 2.75) is 0 Å². The predicted molar refractivity (Wildman–Crippen MR) is 61.8 cm³/mol. The van der Waals surface area contributed by atoms with E-state index in [2.05, 4.69) is 42.1 Å². The lowest BCUT2D eigenvalue weighted by Gasteiger charge is -1.99. The van der Waals surface area contributed by atoms with Gasteiger partial charge >= 0.3 is 0 Å². The normalized spacial score (nSPS) is 10.1. The molecule has 0 aliphatic carbocycles. The van der Waals surface area contributed by atoms with Gasteiger partial charge in [0.2, 0.25) is 0 Å². The fourth-order valence-electron chi connectivity index (χ4n) is 0.866. The Kier molecular flexibility index (Phi) is 3.15. The SMILES string of the molecule is Brc1cccc(Oc2nnc(Br)s2)c1. The molecule has 0 aliphatic heterocycles. The van der Waals surface area contributed by atoms with Crippen LogP contribution in [0.15, 0.2) is 32.7 Å². The molecule has 0 saturated heterocycles. The molecule has 72 valence electrons. The zero-order valence-electron chi connectivity index (χ0n) is 6.78. The maximum atomic E-state index is 5.46. The number of benzene rings is 1. The molecule has 3 nitrogen and oxygen atoms in total. The van der Waals surface area contributed by atoms with Gasteiger partial charge in [-0.15, -0.1) is 5.10 Å². The van der Waals surface area contributed by atoms with Crippen molar-refractivity contribution in [1.82, 2.24) is 10.2 Å². The number of halogens is 2. The molecule has 0 saturated carbocycles. The van der Waals surface area contributed by atoms with E-state index in [1.54, 1.807) is 0 Å². The van der Waals surface area contributed by atoms with Crippen LogP contribution >= 0.6 is 43.2 Å². The second-order valence-corrected chi connectivity index (χ2v) is 5.51. The molecule has 2 aromatic rings. The summed E-state index contributed by atoms with van der Waals surface area (Å²) in [6.07, 6.45) is 0. The number of aromatic nitrogens is 2. The summed E-state index contributed by atoms with van der Waals surface area (Å²) in [4.78, 5) is 0. The highest BCUT2D eigenvalue weighted by molar-refractivity contribution is 9.11. The van der Waals surface area contributed by atoms with Crippen LogP contribution in [0.25, 0.3) is 0 Å². The highest BCUT2D eigenvalue weighted by Gasteiger charge is 2.03. The van der Waals surface area contributed by atoms with Gasteiger partial charge in [0.1, 0.15) is 5.75 Å². The van der Waals surface area contributed by atoms with Gasteiger partial charge in [0.05, 0.1) is 0 Å². The Balaban J connectivity index is 2.18. The maximum absolute atomic E-state index is 5.46. The van der Waals surface area contributed by atoms with E-state index >= 15 is 0 Å². The molecule has 1 heterocycles. The van der Waals surface area contributed by atoms with E-state index in [1.807, 2.05) is 24.3 Å². The predicted octanol–water partition coefficient (Wildman–Crippen LogP) is 3.86. The molecule has 0 radical (unpaired) electrons. The Morgan fingerprint density at radius 1 is 1.21 bits per heavy atom. The standard InChI is InChI=1S/C8H4Br2N2OS/c9-5-2-1-3-6(4-5)13-8-12-11-7(10)14-8/h1-4H. The lowest BCUT2D eigenvalue weighted by Crippen LogP contribution is -1.82. The van der Waals surface area contributed by atoms with Gasteiger partial charge in [0.25, 0.3) is 5.19 Å². The molecule has 1 aromatic heterocycles. The summed E-state index contributed by atoms with van der Waals surface area (Å²) in [6.45, 7) is 0. The number of rotatable bonds is 2. The fraction of sp³-hybridized carbons (Fsp3) is 0. The second-order valence-electron chi connectivity index (χ2n) is 2.38. The molecule has 2 rings (SSSR count). The van der Waals surface area contributed by atoms with Crippen molar-refractivity contribution in [3.63, 3.8) is 0 Å². The van der Waals surface area contributed by atoms with Crippen molar-refractivity contribution < 1.29 is 4.74 Å². The monoisotopic (exact) mass is 334 g/mol. The van der Waals surface area contributed by atoms with Gasteiger partial charge in [-0.3, -0.25) is 0 Å². The molecule has 6 heteroatoms. The van der Waals surface area contributed by atoms with Crippen LogP contribution in [0.5, 0.6) is 10.9 Å². The summed E-state index contributed by atoms with van der Waals surface area (Å²) < 4.78 is 7.15. The molecule has 1 aromatic carbocycles. The third-order valence-corrected chi connectivity index (χ3v) is 3.11. The van der Waals surface area contributed by atoms with Crippen molar-refractivity contribution in [3.05, 3.63) is 32.7 Å². The zero-order valence-corrected chi connectivity index (χ0v) is 10.8. The second kappa shape index (κ2) is 4.37. The lowest BCUT2D eigenvalue weighted by molar-refractivity contribution is 0.473. The molecule has 0 bridgehead atoms. The number of ether oxygens (including phenoxy) is 1. The van der Waals surface area contributed by atoms with E-state index in [1.165, 1.54) is 11.3 Å². The van der Waals surface area contributed by atoms with E-state index in [4.69, 9.17) is 4.74 Å². The van der Waals surface area contributed by atoms with Gasteiger partial charge in [-0.1, -0.05) is 27.1 Å². The number of nitrogens with zero attached hydrogens (tertiary/aromatic N) is 2. The Labute approximate surface area is 101 Å². The highest BCUT2D eigenvalue weighted by atomic mass is 79.9. The van der Waals surface area contributed by atoms with Crippen LogP contribution < -0.4 is 4.74 Å². The molecule has 0 amide bonds. The Bertz CT molecular complexity index is 446. The molecule has 0 aliphatic rings.